The Labute approximate surface area is 150 Å². The van der Waals surface area contributed by atoms with Gasteiger partial charge in [0.25, 0.3) is 0 Å². The van der Waals surface area contributed by atoms with Gasteiger partial charge in [0.05, 0.1) is 11.2 Å². The molecule has 26 heavy (non-hydrogen) atoms. The van der Waals surface area contributed by atoms with Gasteiger partial charge in [-0.2, -0.15) is 0 Å². The zero-order valence-corrected chi connectivity index (χ0v) is 14.1. The summed E-state index contributed by atoms with van der Waals surface area (Å²) in [5.41, 5.74) is 2.70. The Hall–Kier alpha value is -3.47. The minimum atomic E-state index is -0.288. The number of benzene rings is 3. The maximum absolute atomic E-state index is 13.0. The van der Waals surface area contributed by atoms with Crippen molar-refractivity contribution in [1.29, 1.82) is 0 Å². The summed E-state index contributed by atoms with van der Waals surface area (Å²) in [7, 11) is 1.80. The Morgan fingerprint density at radius 3 is 2.15 bits per heavy atom. The SMILES string of the molecule is CNc1nc(-c2ccc(Oc3ccc(F)cc3)cc2)c2ccccc2n1. The summed E-state index contributed by atoms with van der Waals surface area (Å²) < 4.78 is 18.7. The number of nitrogens with one attached hydrogen (secondary N) is 1. The molecular formula is C21H16FN3O. The molecule has 0 radical (unpaired) electrons. The van der Waals surface area contributed by atoms with Crippen LogP contribution in [0.15, 0.2) is 72.8 Å². The van der Waals surface area contributed by atoms with Crippen LogP contribution < -0.4 is 10.1 Å². The van der Waals surface area contributed by atoms with E-state index >= 15 is 0 Å². The van der Waals surface area contributed by atoms with Crippen molar-refractivity contribution in [3.8, 4) is 22.8 Å². The Balaban J connectivity index is 1.68. The van der Waals surface area contributed by atoms with Crippen LogP contribution in [0.5, 0.6) is 11.5 Å². The van der Waals surface area contributed by atoms with Crippen molar-refractivity contribution >= 4 is 16.9 Å². The average molecular weight is 345 g/mol. The first-order valence-corrected chi connectivity index (χ1v) is 8.21. The van der Waals surface area contributed by atoms with Gasteiger partial charge in [-0.3, -0.25) is 0 Å². The number of para-hydroxylation sites is 1. The maximum Gasteiger partial charge on any atom is 0.223 e. The summed E-state index contributed by atoms with van der Waals surface area (Å²) >= 11 is 0. The van der Waals surface area contributed by atoms with Crippen LogP contribution in [0.1, 0.15) is 0 Å². The molecule has 5 heteroatoms. The van der Waals surface area contributed by atoms with Crippen LogP contribution in [0.4, 0.5) is 10.3 Å². The summed E-state index contributed by atoms with van der Waals surface area (Å²) in [6, 6.07) is 21.5. The molecule has 0 aliphatic heterocycles. The average Bonchev–Trinajstić information content (AvgIpc) is 2.69. The molecule has 4 rings (SSSR count). The molecule has 4 aromatic rings. The van der Waals surface area contributed by atoms with Crippen molar-refractivity contribution in [2.45, 2.75) is 0 Å². The lowest BCUT2D eigenvalue weighted by molar-refractivity contribution is 0.480. The molecule has 0 bridgehead atoms. The molecule has 3 aromatic carbocycles. The van der Waals surface area contributed by atoms with Gasteiger partial charge >= 0.3 is 0 Å². The van der Waals surface area contributed by atoms with E-state index in [-0.39, 0.29) is 5.82 Å². The fourth-order valence-electron chi connectivity index (χ4n) is 2.73. The monoisotopic (exact) mass is 345 g/mol. The number of halogens is 1. The second-order valence-electron chi connectivity index (χ2n) is 5.74. The molecule has 1 heterocycles. The van der Waals surface area contributed by atoms with Gasteiger partial charge in [0.15, 0.2) is 0 Å². The fourth-order valence-corrected chi connectivity index (χ4v) is 2.73. The van der Waals surface area contributed by atoms with Crippen molar-refractivity contribution in [2.75, 3.05) is 12.4 Å². The number of hydrogen-bond acceptors (Lipinski definition) is 4. The highest BCUT2D eigenvalue weighted by molar-refractivity contribution is 5.93. The number of hydrogen-bond donors (Lipinski definition) is 1. The smallest absolute Gasteiger partial charge is 0.223 e. The largest absolute Gasteiger partial charge is 0.457 e. The Bertz CT molecular complexity index is 1050. The summed E-state index contributed by atoms with van der Waals surface area (Å²) in [5, 5.41) is 3.99. The van der Waals surface area contributed by atoms with Crippen LogP contribution in [0.2, 0.25) is 0 Å². The van der Waals surface area contributed by atoms with Gasteiger partial charge in [0.1, 0.15) is 17.3 Å². The lowest BCUT2D eigenvalue weighted by Gasteiger charge is -2.10. The molecule has 4 nitrogen and oxygen atoms in total. The minimum Gasteiger partial charge on any atom is -0.457 e. The van der Waals surface area contributed by atoms with E-state index in [4.69, 9.17) is 4.74 Å². The summed E-state index contributed by atoms with van der Waals surface area (Å²) in [6.07, 6.45) is 0. The number of nitrogens with zero attached hydrogens (tertiary/aromatic N) is 2. The molecule has 0 amide bonds. The van der Waals surface area contributed by atoms with E-state index in [0.29, 0.717) is 17.4 Å². The van der Waals surface area contributed by atoms with Gasteiger partial charge in [0.2, 0.25) is 5.95 Å². The second kappa shape index (κ2) is 6.80. The van der Waals surface area contributed by atoms with E-state index in [1.807, 2.05) is 48.5 Å². The van der Waals surface area contributed by atoms with E-state index in [0.717, 1.165) is 22.2 Å². The number of aromatic nitrogens is 2. The van der Waals surface area contributed by atoms with E-state index in [1.54, 1.807) is 19.2 Å². The number of rotatable bonds is 4. The predicted molar refractivity (Wildman–Crippen MR) is 101 cm³/mol. The van der Waals surface area contributed by atoms with Crippen molar-refractivity contribution in [2.24, 2.45) is 0 Å². The molecule has 0 unspecified atom stereocenters. The van der Waals surface area contributed by atoms with Crippen molar-refractivity contribution < 1.29 is 9.13 Å². The van der Waals surface area contributed by atoms with Crippen molar-refractivity contribution in [1.82, 2.24) is 9.97 Å². The molecule has 0 saturated heterocycles. The molecule has 0 fully saturated rings. The van der Waals surface area contributed by atoms with Gasteiger partial charge < -0.3 is 10.1 Å². The summed E-state index contributed by atoms with van der Waals surface area (Å²) in [5.74, 6) is 1.55. The van der Waals surface area contributed by atoms with Crippen LogP contribution >= 0.6 is 0 Å². The summed E-state index contributed by atoms with van der Waals surface area (Å²) in [6.45, 7) is 0. The van der Waals surface area contributed by atoms with Crippen LogP contribution in [0.25, 0.3) is 22.2 Å². The zero-order valence-electron chi connectivity index (χ0n) is 14.1. The summed E-state index contributed by atoms with van der Waals surface area (Å²) in [4.78, 5) is 9.09. The molecule has 1 aromatic heterocycles. The minimum absolute atomic E-state index is 0.288. The standard InChI is InChI=1S/C21H16FN3O/c1-23-21-24-19-5-3-2-4-18(19)20(25-21)14-6-10-16(11-7-14)26-17-12-8-15(22)9-13-17/h2-13H,1H3,(H,23,24,25). The highest BCUT2D eigenvalue weighted by atomic mass is 19.1. The number of fused-ring (bicyclic) bond motifs is 1. The quantitative estimate of drug-likeness (QED) is 0.547. The maximum atomic E-state index is 13.0. The number of anilines is 1. The first-order chi connectivity index (χ1) is 12.7. The highest BCUT2D eigenvalue weighted by Gasteiger charge is 2.09. The van der Waals surface area contributed by atoms with Crippen LogP contribution in [-0.4, -0.2) is 17.0 Å². The lowest BCUT2D eigenvalue weighted by Crippen LogP contribution is -1.99. The van der Waals surface area contributed by atoms with Gasteiger partial charge in [-0.15, -0.1) is 0 Å². The Morgan fingerprint density at radius 1 is 0.808 bits per heavy atom. The van der Waals surface area contributed by atoms with E-state index in [2.05, 4.69) is 15.3 Å². The van der Waals surface area contributed by atoms with Gasteiger partial charge in [-0.1, -0.05) is 18.2 Å². The topological polar surface area (TPSA) is 47.0 Å². The lowest BCUT2D eigenvalue weighted by atomic mass is 10.1. The predicted octanol–water partition coefficient (Wildman–Crippen LogP) is 5.27. The van der Waals surface area contributed by atoms with E-state index in [9.17, 15) is 4.39 Å². The second-order valence-corrected chi connectivity index (χ2v) is 5.74. The van der Waals surface area contributed by atoms with E-state index in [1.165, 1.54) is 12.1 Å². The fraction of sp³-hybridized carbons (Fsp3) is 0.0476. The van der Waals surface area contributed by atoms with Crippen LogP contribution in [0.3, 0.4) is 0 Å². The van der Waals surface area contributed by atoms with Crippen LogP contribution in [0, 0.1) is 5.82 Å². The van der Waals surface area contributed by atoms with E-state index < -0.39 is 0 Å². The third-order valence-corrected chi connectivity index (χ3v) is 4.00. The molecule has 0 atom stereocenters. The molecule has 0 aliphatic carbocycles. The first kappa shape index (κ1) is 16.0. The molecular weight excluding hydrogens is 329 g/mol. The first-order valence-electron chi connectivity index (χ1n) is 8.21. The van der Waals surface area contributed by atoms with Crippen molar-refractivity contribution in [3.63, 3.8) is 0 Å². The molecule has 128 valence electrons. The normalized spacial score (nSPS) is 10.7. The van der Waals surface area contributed by atoms with Gasteiger partial charge in [0, 0.05) is 18.0 Å². The Kier molecular flexibility index (Phi) is 4.19. The zero-order chi connectivity index (χ0) is 17.9. The Morgan fingerprint density at radius 2 is 1.46 bits per heavy atom. The van der Waals surface area contributed by atoms with Gasteiger partial charge in [-0.05, 0) is 54.6 Å². The third-order valence-electron chi connectivity index (χ3n) is 4.00. The number of ether oxygens (including phenoxy) is 1. The molecule has 0 aliphatic rings. The highest BCUT2D eigenvalue weighted by Crippen LogP contribution is 2.29. The van der Waals surface area contributed by atoms with Crippen molar-refractivity contribution in [3.05, 3.63) is 78.6 Å². The van der Waals surface area contributed by atoms with Gasteiger partial charge in [-0.25, -0.2) is 14.4 Å². The molecule has 0 saturated carbocycles. The molecule has 1 N–H and O–H groups in total. The van der Waals surface area contributed by atoms with Crippen LogP contribution in [-0.2, 0) is 0 Å². The third kappa shape index (κ3) is 3.19. The molecule has 0 spiro atoms.